The Labute approximate surface area is 195 Å². The Morgan fingerprint density at radius 1 is 1.06 bits per heavy atom. The second kappa shape index (κ2) is 8.81. The third kappa shape index (κ3) is 4.29. The lowest BCUT2D eigenvalue weighted by Gasteiger charge is -2.08. The molecule has 0 atom stereocenters. The van der Waals surface area contributed by atoms with Crippen LogP contribution in [0.3, 0.4) is 0 Å². The number of anilines is 1. The summed E-state index contributed by atoms with van der Waals surface area (Å²) in [5.41, 5.74) is 5.87. The Bertz CT molecular complexity index is 1430. The van der Waals surface area contributed by atoms with Crippen LogP contribution in [0.2, 0.25) is 0 Å². The summed E-state index contributed by atoms with van der Waals surface area (Å²) in [5, 5.41) is 4.79. The molecule has 0 aliphatic carbocycles. The zero-order chi connectivity index (χ0) is 22.1. The van der Waals surface area contributed by atoms with Gasteiger partial charge in [0.25, 0.3) is 0 Å². The van der Waals surface area contributed by atoms with Gasteiger partial charge in [0.2, 0.25) is 5.91 Å². The number of carbonyl (C=O) groups excluding carboxylic acids is 1. The van der Waals surface area contributed by atoms with Crippen molar-refractivity contribution in [3.63, 3.8) is 0 Å². The maximum Gasteiger partial charge on any atom is 0.236 e. The van der Waals surface area contributed by atoms with Crippen molar-refractivity contribution in [1.82, 2.24) is 9.55 Å². The summed E-state index contributed by atoms with van der Waals surface area (Å²) < 4.78 is 3.36. The molecule has 5 aromatic rings. The van der Waals surface area contributed by atoms with Crippen LogP contribution in [0.1, 0.15) is 16.7 Å². The summed E-state index contributed by atoms with van der Waals surface area (Å²) >= 11 is 3.08. The van der Waals surface area contributed by atoms with E-state index in [4.69, 9.17) is 0 Å². The summed E-state index contributed by atoms with van der Waals surface area (Å²) in [4.78, 5) is 18.3. The highest BCUT2D eigenvalue weighted by atomic mass is 32.2. The average Bonchev–Trinajstić information content (AvgIpc) is 3.34. The van der Waals surface area contributed by atoms with Crippen LogP contribution in [0, 0.1) is 13.8 Å². The first-order chi connectivity index (χ1) is 15.6. The SMILES string of the molecule is Cc1ccc2nc(NC(=O)CSc3cn(Cc4ccccc4C)c4ccccc34)sc2c1. The molecule has 2 aromatic heterocycles. The van der Waals surface area contributed by atoms with Crippen LogP contribution in [-0.2, 0) is 11.3 Å². The van der Waals surface area contributed by atoms with Gasteiger partial charge in [0, 0.05) is 28.5 Å². The van der Waals surface area contributed by atoms with E-state index >= 15 is 0 Å². The summed E-state index contributed by atoms with van der Waals surface area (Å²) in [6.07, 6.45) is 2.16. The number of thioether (sulfide) groups is 1. The molecular weight excluding hydrogens is 434 g/mol. The number of hydrogen-bond acceptors (Lipinski definition) is 4. The first kappa shape index (κ1) is 20.8. The van der Waals surface area contributed by atoms with Crippen LogP contribution >= 0.6 is 23.1 Å². The van der Waals surface area contributed by atoms with Gasteiger partial charge in [-0.15, -0.1) is 11.8 Å². The topological polar surface area (TPSA) is 46.9 Å². The Kier molecular flexibility index (Phi) is 5.72. The lowest BCUT2D eigenvalue weighted by molar-refractivity contribution is -0.113. The van der Waals surface area contributed by atoms with Crippen molar-refractivity contribution in [3.8, 4) is 0 Å². The molecule has 6 heteroatoms. The van der Waals surface area contributed by atoms with Gasteiger partial charge in [-0.05, 0) is 48.7 Å². The summed E-state index contributed by atoms with van der Waals surface area (Å²) in [6, 6.07) is 23.0. The molecule has 0 aliphatic rings. The number of rotatable bonds is 6. The fourth-order valence-electron chi connectivity index (χ4n) is 3.81. The van der Waals surface area contributed by atoms with E-state index in [2.05, 4.69) is 83.4 Å². The van der Waals surface area contributed by atoms with Crippen molar-refractivity contribution in [1.29, 1.82) is 0 Å². The van der Waals surface area contributed by atoms with Gasteiger partial charge in [-0.3, -0.25) is 4.79 Å². The number of aromatic nitrogens is 2. The van der Waals surface area contributed by atoms with E-state index in [0.717, 1.165) is 21.7 Å². The van der Waals surface area contributed by atoms with Crippen molar-refractivity contribution in [2.24, 2.45) is 0 Å². The number of nitrogens with zero attached hydrogens (tertiary/aromatic N) is 2. The molecule has 4 nitrogen and oxygen atoms in total. The average molecular weight is 458 g/mol. The molecule has 2 heterocycles. The summed E-state index contributed by atoms with van der Waals surface area (Å²) in [5.74, 6) is 0.300. The molecule has 160 valence electrons. The molecule has 0 unspecified atom stereocenters. The maximum absolute atomic E-state index is 12.6. The Morgan fingerprint density at radius 3 is 2.75 bits per heavy atom. The van der Waals surface area contributed by atoms with Crippen LogP contribution in [-0.4, -0.2) is 21.2 Å². The van der Waals surface area contributed by atoms with Crippen molar-refractivity contribution in [2.45, 2.75) is 25.3 Å². The smallest absolute Gasteiger partial charge is 0.236 e. The zero-order valence-electron chi connectivity index (χ0n) is 18.0. The van der Waals surface area contributed by atoms with Gasteiger partial charge in [-0.2, -0.15) is 0 Å². The first-order valence-electron chi connectivity index (χ1n) is 10.5. The number of para-hydroxylation sites is 1. The highest BCUT2D eigenvalue weighted by Gasteiger charge is 2.13. The fraction of sp³-hybridized carbons (Fsp3) is 0.154. The van der Waals surface area contributed by atoms with Gasteiger partial charge in [-0.25, -0.2) is 4.98 Å². The van der Waals surface area contributed by atoms with Crippen LogP contribution < -0.4 is 5.32 Å². The molecule has 0 fully saturated rings. The second-order valence-corrected chi connectivity index (χ2v) is 9.94. The molecule has 0 aliphatic heterocycles. The van der Waals surface area contributed by atoms with Gasteiger partial charge in [0.05, 0.1) is 16.0 Å². The minimum absolute atomic E-state index is 0.0403. The zero-order valence-corrected chi connectivity index (χ0v) is 19.6. The Morgan fingerprint density at radius 2 is 1.88 bits per heavy atom. The van der Waals surface area contributed by atoms with Crippen molar-refractivity contribution < 1.29 is 4.79 Å². The van der Waals surface area contributed by atoms with Crippen molar-refractivity contribution in [2.75, 3.05) is 11.1 Å². The molecule has 0 saturated carbocycles. The molecular formula is C26H23N3OS2. The third-order valence-corrected chi connectivity index (χ3v) is 7.48. The number of aryl methyl sites for hydroxylation is 2. The van der Waals surface area contributed by atoms with Crippen LogP contribution in [0.4, 0.5) is 5.13 Å². The van der Waals surface area contributed by atoms with Gasteiger partial charge >= 0.3 is 0 Å². The van der Waals surface area contributed by atoms with Crippen LogP contribution in [0.5, 0.6) is 0 Å². The molecule has 0 bridgehead atoms. The van der Waals surface area contributed by atoms with Crippen LogP contribution in [0.25, 0.3) is 21.1 Å². The third-order valence-electron chi connectivity index (χ3n) is 5.50. The number of fused-ring (bicyclic) bond motifs is 2. The number of benzene rings is 3. The van der Waals surface area contributed by atoms with Crippen molar-refractivity contribution >= 4 is 55.3 Å². The lowest BCUT2D eigenvalue weighted by atomic mass is 10.1. The van der Waals surface area contributed by atoms with Crippen molar-refractivity contribution in [3.05, 3.63) is 89.6 Å². The molecule has 5 rings (SSSR count). The Hall–Kier alpha value is -3.09. The summed E-state index contributed by atoms with van der Waals surface area (Å²) in [7, 11) is 0. The molecule has 32 heavy (non-hydrogen) atoms. The minimum atomic E-state index is -0.0403. The number of hydrogen-bond donors (Lipinski definition) is 1. The summed E-state index contributed by atoms with van der Waals surface area (Å²) in [6.45, 7) is 5.01. The molecule has 0 saturated heterocycles. The van der Waals surface area contributed by atoms with Crippen LogP contribution in [0.15, 0.2) is 77.8 Å². The van der Waals surface area contributed by atoms with E-state index in [-0.39, 0.29) is 5.91 Å². The number of carbonyl (C=O) groups is 1. The van der Waals surface area contributed by atoms with Gasteiger partial charge in [0.15, 0.2) is 5.13 Å². The number of thiazole rings is 1. The van der Waals surface area contributed by atoms with E-state index < -0.39 is 0 Å². The first-order valence-corrected chi connectivity index (χ1v) is 12.3. The van der Waals surface area contributed by atoms with E-state index in [9.17, 15) is 4.79 Å². The predicted octanol–water partition coefficient (Wildman–Crippen LogP) is 6.65. The normalized spacial score (nSPS) is 11.3. The fourth-order valence-corrected chi connectivity index (χ4v) is 5.68. The lowest BCUT2D eigenvalue weighted by Crippen LogP contribution is -2.13. The van der Waals surface area contributed by atoms with E-state index in [1.54, 1.807) is 11.8 Å². The highest BCUT2D eigenvalue weighted by Crippen LogP contribution is 2.31. The van der Waals surface area contributed by atoms with E-state index in [1.807, 2.05) is 18.2 Å². The van der Waals surface area contributed by atoms with Gasteiger partial charge in [-0.1, -0.05) is 59.9 Å². The van der Waals surface area contributed by atoms with Gasteiger partial charge in [0.1, 0.15) is 0 Å². The number of nitrogens with one attached hydrogen (secondary N) is 1. The highest BCUT2D eigenvalue weighted by molar-refractivity contribution is 8.00. The monoisotopic (exact) mass is 457 g/mol. The second-order valence-electron chi connectivity index (χ2n) is 7.89. The molecule has 3 aromatic carbocycles. The number of amides is 1. The maximum atomic E-state index is 12.6. The van der Waals surface area contributed by atoms with E-state index in [1.165, 1.54) is 38.9 Å². The van der Waals surface area contributed by atoms with E-state index in [0.29, 0.717) is 10.9 Å². The quantitative estimate of drug-likeness (QED) is 0.291. The minimum Gasteiger partial charge on any atom is -0.342 e. The predicted molar refractivity (Wildman–Crippen MR) is 136 cm³/mol. The molecule has 1 N–H and O–H groups in total. The molecule has 0 spiro atoms. The van der Waals surface area contributed by atoms with Gasteiger partial charge < -0.3 is 9.88 Å². The standard InChI is InChI=1S/C26H23N3OS2/c1-17-11-12-21-23(13-17)32-26(27-21)28-25(30)16-31-24-15-29(22-10-6-5-9-20(22)24)14-19-8-4-3-7-18(19)2/h3-13,15H,14,16H2,1-2H3,(H,27,28,30). The molecule has 1 amide bonds. The Balaban J connectivity index is 1.32. The molecule has 0 radical (unpaired) electrons. The largest absolute Gasteiger partial charge is 0.342 e.